The van der Waals surface area contributed by atoms with Crippen LogP contribution >= 0.6 is 11.8 Å². The van der Waals surface area contributed by atoms with Crippen molar-refractivity contribution < 1.29 is 9.59 Å². The van der Waals surface area contributed by atoms with Crippen molar-refractivity contribution in [1.29, 1.82) is 0 Å². The number of hydrogen-bond acceptors (Lipinski definition) is 3. The van der Waals surface area contributed by atoms with Crippen molar-refractivity contribution >= 4 is 23.7 Å². The van der Waals surface area contributed by atoms with E-state index in [1.807, 2.05) is 30.0 Å². The molecule has 1 aromatic carbocycles. The molecule has 1 aliphatic rings. The first-order valence-corrected chi connectivity index (χ1v) is 7.48. The highest BCUT2D eigenvalue weighted by Crippen LogP contribution is 2.28. The van der Waals surface area contributed by atoms with Crippen molar-refractivity contribution in [3.05, 3.63) is 35.9 Å². The number of nitrogens with zero attached hydrogens (tertiary/aromatic N) is 1. The van der Waals surface area contributed by atoms with Gasteiger partial charge in [0.05, 0.1) is 6.54 Å². The lowest BCUT2D eigenvalue weighted by Gasteiger charge is -2.14. The van der Waals surface area contributed by atoms with Crippen LogP contribution < -0.4 is 5.32 Å². The molecule has 1 aromatic rings. The van der Waals surface area contributed by atoms with Crippen LogP contribution in [0.5, 0.6) is 0 Å². The molecule has 0 bridgehead atoms. The van der Waals surface area contributed by atoms with Crippen LogP contribution in [0.2, 0.25) is 0 Å². The number of carbonyl (C=O) groups excluding carboxylic acids is 2. The maximum Gasteiger partial charge on any atom is 0.324 e. The number of amides is 3. The molecule has 1 saturated heterocycles. The molecule has 3 amide bonds. The maximum atomic E-state index is 11.4. The lowest BCUT2D eigenvalue weighted by atomic mass is 10.2. The largest absolute Gasteiger partial charge is 0.329 e. The Labute approximate surface area is 117 Å². The Balaban J connectivity index is 1.70. The van der Waals surface area contributed by atoms with Crippen LogP contribution in [0.4, 0.5) is 4.79 Å². The summed E-state index contributed by atoms with van der Waals surface area (Å²) >= 11 is 1.85. The summed E-state index contributed by atoms with van der Waals surface area (Å²) in [6.07, 6.45) is 0.834. The minimum absolute atomic E-state index is 0.119. The van der Waals surface area contributed by atoms with Gasteiger partial charge in [0.25, 0.3) is 0 Å². The summed E-state index contributed by atoms with van der Waals surface area (Å²) in [5.74, 6) is 0.818. The van der Waals surface area contributed by atoms with Crippen molar-refractivity contribution in [3.8, 4) is 0 Å². The molecule has 0 aliphatic carbocycles. The zero-order valence-electron chi connectivity index (χ0n) is 11.0. The smallest absolute Gasteiger partial charge is 0.324 e. The number of benzene rings is 1. The van der Waals surface area contributed by atoms with Crippen LogP contribution in [0, 0.1) is 0 Å². The lowest BCUT2D eigenvalue weighted by molar-refractivity contribution is -0.124. The number of imide groups is 1. The van der Waals surface area contributed by atoms with Gasteiger partial charge in [0.2, 0.25) is 5.91 Å². The van der Waals surface area contributed by atoms with E-state index in [0.29, 0.717) is 11.8 Å². The Bertz CT molecular complexity index is 434. The van der Waals surface area contributed by atoms with E-state index in [-0.39, 0.29) is 18.5 Å². The predicted octanol–water partition coefficient (Wildman–Crippen LogP) is 2.42. The summed E-state index contributed by atoms with van der Waals surface area (Å²) in [5, 5.41) is 2.96. The third-order valence-corrected chi connectivity index (χ3v) is 4.40. The molecule has 1 heterocycles. The first-order chi connectivity index (χ1) is 9.18. The van der Waals surface area contributed by atoms with Crippen LogP contribution in [-0.4, -0.2) is 35.7 Å². The van der Waals surface area contributed by atoms with Gasteiger partial charge in [-0.25, -0.2) is 4.79 Å². The molecule has 2 rings (SSSR count). The third kappa shape index (κ3) is 3.73. The fourth-order valence-corrected chi connectivity index (χ4v) is 2.98. The summed E-state index contributed by atoms with van der Waals surface area (Å²) in [4.78, 5) is 24.0. The van der Waals surface area contributed by atoms with Crippen molar-refractivity contribution in [2.75, 3.05) is 18.8 Å². The first kappa shape index (κ1) is 13.9. The Morgan fingerprint density at radius 3 is 2.68 bits per heavy atom. The quantitative estimate of drug-likeness (QED) is 0.642. The van der Waals surface area contributed by atoms with Gasteiger partial charge in [0.15, 0.2) is 0 Å². The van der Waals surface area contributed by atoms with Gasteiger partial charge in [-0.05, 0) is 24.7 Å². The molecule has 0 spiro atoms. The fourth-order valence-electron chi connectivity index (χ4n) is 1.98. The minimum atomic E-state index is -0.258. The number of nitrogens with one attached hydrogen (secondary N) is 1. The van der Waals surface area contributed by atoms with Gasteiger partial charge in [0, 0.05) is 11.8 Å². The van der Waals surface area contributed by atoms with Crippen molar-refractivity contribution in [3.63, 3.8) is 0 Å². The van der Waals surface area contributed by atoms with E-state index in [0.717, 1.165) is 12.2 Å². The van der Waals surface area contributed by atoms with E-state index in [2.05, 4.69) is 24.4 Å². The van der Waals surface area contributed by atoms with Crippen LogP contribution in [0.3, 0.4) is 0 Å². The van der Waals surface area contributed by atoms with Crippen LogP contribution in [0.25, 0.3) is 0 Å². The molecule has 0 saturated carbocycles. The zero-order valence-corrected chi connectivity index (χ0v) is 11.8. The highest BCUT2D eigenvalue weighted by atomic mass is 32.2. The summed E-state index contributed by atoms with van der Waals surface area (Å²) in [6, 6.07) is 10.1. The number of carbonyl (C=O) groups is 2. The minimum Gasteiger partial charge on any atom is -0.329 e. The van der Waals surface area contributed by atoms with Crippen LogP contribution in [0.15, 0.2) is 30.3 Å². The molecule has 5 heteroatoms. The molecule has 102 valence electrons. The van der Waals surface area contributed by atoms with E-state index >= 15 is 0 Å². The molecule has 0 radical (unpaired) electrons. The topological polar surface area (TPSA) is 49.4 Å². The Kier molecular flexibility index (Phi) is 4.85. The highest BCUT2D eigenvalue weighted by molar-refractivity contribution is 7.99. The Hall–Kier alpha value is -1.49. The molecule has 4 nitrogen and oxygen atoms in total. The van der Waals surface area contributed by atoms with Gasteiger partial charge in [-0.3, -0.25) is 9.69 Å². The second-order valence-corrected chi connectivity index (χ2v) is 5.93. The monoisotopic (exact) mass is 278 g/mol. The number of urea groups is 1. The molecular formula is C14H18N2O2S. The summed E-state index contributed by atoms with van der Waals surface area (Å²) in [5.41, 5.74) is 1.31. The van der Waals surface area contributed by atoms with Gasteiger partial charge in [-0.15, -0.1) is 0 Å². The Morgan fingerprint density at radius 2 is 2.05 bits per heavy atom. The Morgan fingerprint density at radius 1 is 1.32 bits per heavy atom. The van der Waals surface area contributed by atoms with E-state index in [4.69, 9.17) is 0 Å². The van der Waals surface area contributed by atoms with Crippen molar-refractivity contribution in [2.24, 2.45) is 0 Å². The number of hydrogen-bond donors (Lipinski definition) is 1. The van der Waals surface area contributed by atoms with E-state index < -0.39 is 0 Å². The summed E-state index contributed by atoms with van der Waals surface area (Å²) in [7, 11) is 0. The molecule has 1 aliphatic heterocycles. The van der Waals surface area contributed by atoms with Gasteiger partial charge in [-0.1, -0.05) is 30.3 Å². The van der Waals surface area contributed by atoms with Gasteiger partial charge < -0.3 is 5.32 Å². The number of rotatable bonds is 6. The fraction of sp³-hybridized carbons (Fsp3) is 0.429. The standard InChI is InChI=1S/C14H18N2O2S/c1-11(12-6-3-2-4-7-12)19-9-5-8-16-13(17)10-15-14(16)18/h2-4,6-7,11H,5,8-10H2,1H3,(H,15,18)/t11-/m1/s1. The number of thioether (sulfide) groups is 1. The van der Waals surface area contributed by atoms with E-state index in [9.17, 15) is 9.59 Å². The van der Waals surface area contributed by atoms with E-state index in [1.54, 1.807) is 0 Å². The average Bonchev–Trinajstić information content (AvgIpc) is 2.75. The molecule has 0 unspecified atom stereocenters. The summed E-state index contributed by atoms with van der Waals surface area (Å²) in [6.45, 7) is 2.83. The maximum absolute atomic E-state index is 11.4. The third-order valence-electron chi connectivity index (χ3n) is 3.10. The second-order valence-electron chi connectivity index (χ2n) is 4.48. The van der Waals surface area contributed by atoms with Gasteiger partial charge in [-0.2, -0.15) is 11.8 Å². The normalized spacial score (nSPS) is 16.6. The summed E-state index contributed by atoms with van der Waals surface area (Å²) < 4.78 is 0. The van der Waals surface area contributed by atoms with Gasteiger partial charge >= 0.3 is 6.03 Å². The highest BCUT2D eigenvalue weighted by Gasteiger charge is 2.27. The SMILES string of the molecule is C[C@@H](SCCCN1C(=O)CNC1=O)c1ccccc1. The zero-order chi connectivity index (χ0) is 13.7. The molecule has 1 atom stereocenters. The van der Waals surface area contributed by atoms with Gasteiger partial charge in [0.1, 0.15) is 0 Å². The van der Waals surface area contributed by atoms with Crippen LogP contribution in [0.1, 0.15) is 24.2 Å². The second kappa shape index (κ2) is 6.61. The average molecular weight is 278 g/mol. The molecular weight excluding hydrogens is 260 g/mol. The predicted molar refractivity (Wildman–Crippen MR) is 77.0 cm³/mol. The van der Waals surface area contributed by atoms with E-state index in [1.165, 1.54) is 10.5 Å². The van der Waals surface area contributed by atoms with Crippen molar-refractivity contribution in [1.82, 2.24) is 10.2 Å². The lowest BCUT2D eigenvalue weighted by Crippen LogP contribution is -2.32. The molecule has 19 heavy (non-hydrogen) atoms. The first-order valence-electron chi connectivity index (χ1n) is 6.43. The molecule has 0 aromatic heterocycles. The van der Waals surface area contributed by atoms with Crippen molar-refractivity contribution in [2.45, 2.75) is 18.6 Å². The molecule has 1 fully saturated rings. The molecule has 1 N–H and O–H groups in total. The van der Waals surface area contributed by atoms with Crippen LogP contribution in [-0.2, 0) is 4.79 Å².